The van der Waals surface area contributed by atoms with E-state index in [-0.39, 0.29) is 10.8 Å². The molecule has 0 spiro atoms. The highest BCUT2D eigenvalue weighted by molar-refractivity contribution is 5.42. The zero-order valence-electron chi connectivity index (χ0n) is 13.0. The van der Waals surface area contributed by atoms with Crippen molar-refractivity contribution >= 4 is 11.9 Å². The van der Waals surface area contributed by atoms with Crippen LogP contribution < -0.4 is 10.6 Å². The maximum atomic E-state index is 4.48. The molecule has 0 amide bonds. The van der Waals surface area contributed by atoms with Crippen LogP contribution in [0.2, 0.25) is 0 Å². The number of anilines is 2. The highest BCUT2D eigenvalue weighted by Crippen LogP contribution is 2.63. The molecule has 0 radical (unpaired) electrons. The molecule has 3 rings (SSSR count). The van der Waals surface area contributed by atoms with Gasteiger partial charge in [-0.15, -0.1) is 0 Å². The van der Waals surface area contributed by atoms with E-state index in [2.05, 4.69) is 58.3 Å². The van der Waals surface area contributed by atoms with Gasteiger partial charge in [0.25, 0.3) is 0 Å². The van der Waals surface area contributed by atoms with Crippen molar-refractivity contribution in [2.45, 2.75) is 33.7 Å². The van der Waals surface area contributed by atoms with Crippen molar-refractivity contribution in [2.24, 2.45) is 10.8 Å². The fraction of sp³-hybridized carbons (Fsp3) is 0.571. The summed E-state index contributed by atoms with van der Waals surface area (Å²) in [4.78, 5) is 17.2. The van der Waals surface area contributed by atoms with E-state index in [0.29, 0.717) is 23.9 Å². The number of rotatable bonds is 4. The van der Waals surface area contributed by atoms with Crippen molar-refractivity contribution < 1.29 is 0 Å². The number of imidazole rings is 1. The SMILES string of the molecule is CNc1nc(NC2C(C)(C)C2(C)C)nc(-n2ccnc2)n1. The maximum absolute atomic E-state index is 4.48. The van der Waals surface area contributed by atoms with Crippen molar-refractivity contribution in [3.63, 3.8) is 0 Å². The van der Waals surface area contributed by atoms with E-state index in [4.69, 9.17) is 0 Å². The van der Waals surface area contributed by atoms with Crippen LogP contribution in [-0.2, 0) is 0 Å². The number of aromatic nitrogens is 5. The average Bonchev–Trinajstić information content (AvgIpc) is 2.88. The average molecular weight is 287 g/mol. The molecule has 2 heterocycles. The summed E-state index contributed by atoms with van der Waals surface area (Å²) in [5.41, 5.74) is 0.434. The van der Waals surface area contributed by atoms with Gasteiger partial charge in [-0.05, 0) is 10.8 Å². The largest absolute Gasteiger partial charge is 0.357 e. The first-order chi connectivity index (χ1) is 9.86. The molecule has 7 nitrogen and oxygen atoms in total. The van der Waals surface area contributed by atoms with Gasteiger partial charge in [-0.1, -0.05) is 27.7 Å². The summed E-state index contributed by atoms with van der Waals surface area (Å²) in [6, 6.07) is 0.341. The van der Waals surface area contributed by atoms with Crippen LogP contribution in [0.15, 0.2) is 18.7 Å². The lowest BCUT2D eigenvalue weighted by Gasteiger charge is -2.10. The van der Waals surface area contributed by atoms with Gasteiger partial charge in [0, 0.05) is 25.5 Å². The van der Waals surface area contributed by atoms with Crippen molar-refractivity contribution in [1.82, 2.24) is 24.5 Å². The number of hydrogen-bond donors (Lipinski definition) is 2. The van der Waals surface area contributed by atoms with Gasteiger partial charge in [-0.2, -0.15) is 15.0 Å². The van der Waals surface area contributed by atoms with E-state index in [1.807, 2.05) is 6.20 Å². The van der Waals surface area contributed by atoms with Crippen LogP contribution in [0.25, 0.3) is 5.95 Å². The van der Waals surface area contributed by atoms with Crippen LogP contribution in [0, 0.1) is 10.8 Å². The summed E-state index contributed by atoms with van der Waals surface area (Å²) < 4.78 is 1.76. The molecule has 0 bridgehead atoms. The third kappa shape index (κ3) is 2.12. The van der Waals surface area contributed by atoms with Gasteiger partial charge in [-0.3, -0.25) is 4.57 Å². The number of hydrogen-bond acceptors (Lipinski definition) is 6. The number of nitrogens with zero attached hydrogens (tertiary/aromatic N) is 5. The Balaban J connectivity index is 1.91. The van der Waals surface area contributed by atoms with Crippen LogP contribution in [-0.4, -0.2) is 37.6 Å². The summed E-state index contributed by atoms with van der Waals surface area (Å²) in [5, 5.41) is 6.41. The van der Waals surface area contributed by atoms with Crippen LogP contribution in [0.4, 0.5) is 11.9 Å². The molecule has 0 saturated heterocycles. The fourth-order valence-electron chi connectivity index (χ4n) is 2.72. The van der Waals surface area contributed by atoms with Gasteiger partial charge >= 0.3 is 0 Å². The monoisotopic (exact) mass is 287 g/mol. The summed E-state index contributed by atoms with van der Waals surface area (Å²) in [6.07, 6.45) is 5.18. The van der Waals surface area contributed by atoms with Crippen molar-refractivity contribution in [2.75, 3.05) is 17.7 Å². The highest BCUT2D eigenvalue weighted by Gasteiger charge is 2.65. The van der Waals surface area contributed by atoms with Crippen molar-refractivity contribution in [1.29, 1.82) is 0 Å². The normalized spacial score (nSPS) is 19.3. The highest BCUT2D eigenvalue weighted by atomic mass is 15.3. The quantitative estimate of drug-likeness (QED) is 0.894. The smallest absolute Gasteiger partial charge is 0.241 e. The molecule has 1 aliphatic rings. The fourth-order valence-corrected chi connectivity index (χ4v) is 2.72. The molecule has 1 aliphatic carbocycles. The summed E-state index contributed by atoms with van der Waals surface area (Å²) >= 11 is 0. The van der Waals surface area contributed by atoms with Gasteiger partial charge in [0.05, 0.1) is 0 Å². The van der Waals surface area contributed by atoms with Gasteiger partial charge in [-0.25, -0.2) is 4.98 Å². The van der Waals surface area contributed by atoms with E-state index >= 15 is 0 Å². The molecule has 0 atom stereocenters. The molecule has 0 aliphatic heterocycles. The Kier molecular flexibility index (Phi) is 2.89. The molecule has 21 heavy (non-hydrogen) atoms. The van der Waals surface area contributed by atoms with Gasteiger partial charge in [0.2, 0.25) is 17.8 Å². The maximum Gasteiger partial charge on any atom is 0.241 e. The van der Waals surface area contributed by atoms with Crippen LogP contribution in [0.3, 0.4) is 0 Å². The second-order valence-electron chi connectivity index (χ2n) is 6.52. The first kappa shape index (κ1) is 13.8. The molecule has 2 aromatic rings. The lowest BCUT2D eigenvalue weighted by Crippen LogP contribution is -2.15. The molecule has 7 heteroatoms. The van der Waals surface area contributed by atoms with E-state index in [1.165, 1.54) is 0 Å². The second kappa shape index (κ2) is 4.41. The Morgan fingerprint density at radius 3 is 2.24 bits per heavy atom. The van der Waals surface area contributed by atoms with E-state index in [9.17, 15) is 0 Å². The molecule has 1 saturated carbocycles. The summed E-state index contributed by atoms with van der Waals surface area (Å²) in [6.45, 7) is 9.01. The minimum Gasteiger partial charge on any atom is -0.357 e. The van der Waals surface area contributed by atoms with E-state index < -0.39 is 0 Å². The Morgan fingerprint density at radius 1 is 1.05 bits per heavy atom. The molecule has 1 fully saturated rings. The standard InChI is InChI=1S/C14H21N7/c1-13(2)9(14(13,3)4)17-11-18-10(15-5)19-12(20-11)21-7-6-16-8-21/h6-9H,1-5H3,(H2,15,17,18,19,20). The van der Waals surface area contributed by atoms with Crippen LogP contribution >= 0.6 is 0 Å². The predicted molar refractivity (Wildman–Crippen MR) is 81.5 cm³/mol. The van der Waals surface area contributed by atoms with Gasteiger partial charge in [0.1, 0.15) is 6.33 Å². The molecular formula is C14H21N7. The zero-order chi connectivity index (χ0) is 15.3. The van der Waals surface area contributed by atoms with Crippen molar-refractivity contribution in [3.05, 3.63) is 18.7 Å². The molecule has 2 N–H and O–H groups in total. The summed E-state index contributed by atoms with van der Waals surface area (Å²) in [7, 11) is 1.79. The third-order valence-electron chi connectivity index (χ3n) is 4.88. The van der Waals surface area contributed by atoms with Crippen LogP contribution in [0.5, 0.6) is 0 Å². The van der Waals surface area contributed by atoms with E-state index in [0.717, 1.165) is 0 Å². The molecule has 0 unspecified atom stereocenters. The predicted octanol–water partition coefficient (Wildman–Crippen LogP) is 1.95. The number of nitrogens with one attached hydrogen (secondary N) is 2. The van der Waals surface area contributed by atoms with Crippen LogP contribution in [0.1, 0.15) is 27.7 Å². The second-order valence-corrected chi connectivity index (χ2v) is 6.52. The Labute approximate surface area is 124 Å². The Bertz CT molecular complexity index is 631. The molecular weight excluding hydrogens is 266 g/mol. The lowest BCUT2D eigenvalue weighted by molar-refractivity contribution is 0.457. The van der Waals surface area contributed by atoms with Gasteiger partial charge < -0.3 is 10.6 Å². The minimum atomic E-state index is 0.217. The van der Waals surface area contributed by atoms with E-state index in [1.54, 1.807) is 24.1 Å². The topological polar surface area (TPSA) is 80.5 Å². The molecule has 0 aromatic carbocycles. The Hall–Kier alpha value is -2.18. The summed E-state index contributed by atoms with van der Waals surface area (Å²) in [5.74, 6) is 1.67. The zero-order valence-corrected chi connectivity index (χ0v) is 13.0. The first-order valence-electron chi connectivity index (χ1n) is 7.05. The Morgan fingerprint density at radius 2 is 1.71 bits per heavy atom. The van der Waals surface area contributed by atoms with Crippen molar-refractivity contribution in [3.8, 4) is 5.95 Å². The minimum absolute atomic E-state index is 0.217. The molecule has 2 aromatic heterocycles. The first-order valence-corrected chi connectivity index (χ1v) is 7.05. The van der Waals surface area contributed by atoms with Gasteiger partial charge in [0.15, 0.2) is 0 Å². The third-order valence-corrected chi connectivity index (χ3v) is 4.88. The molecule has 112 valence electrons. The lowest BCUT2D eigenvalue weighted by atomic mass is 10.0.